The number of hydrogen-bond acceptors (Lipinski definition) is 2. The zero-order valence-electron chi connectivity index (χ0n) is 8.23. The summed E-state index contributed by atoms with van der Waals surface area (Å²) in [6.07, 6.45) is 6.46. The van der Waals surface area contributed by atoms with Crippen molar-refractivity contribution in [3.05, 3.63) is 18.2 Å². The van der Waals surface area contributed by atoms with Crippen molar-refractivity contribution < 1.29 is 4.79 Å². The molecule has 0 aliphatic carbocycles. The third-order valence-electron chi connectivity index (χ3n) is 2.05. The van der Waals surface area contributed by atoms with Crippen molar-refractivity contribution in [2.75, 3.05) is 0 Å². The summed E-state index contributed by atoms with van der Waals surface area (Å²) in [6, 6.07) is 0. The minimum atomic E-state index is 0.670. The lowest BCUT2D eigenvalue weighted by atomic mass is 10.1. The molecule has 1 aromatic heterocycles. The van der Waals surface area contributed by atoms with E-state index in [1.165, 1.54) is 6.42 Å². The van der Waals surface area contributed by atoms with Crippen molar-refractivity contribution in [3.63, 3.8) is 0 Å². The first kappa shape index (κ1) is 9.96. The zero-order valence-corrected chi connectivity index (χ0v) is 8.23. The van der Waals surface area contributed by atoms with Crippen LogP contribution in [-0.4, -0.2) is 15.8 Å². The lowest BCUT2D eigenvalue weighted by Crippen LogP contribution is -2.02. The number of aldehydes is 1. The third kappa shape index (κ3) is 3.01. The van der Waals surface area contributed by atoms with Gasteiger partial charge in [0.2, 0.25) is 0 Å². The number of aryl methyl sites for hydroxylation is 1. The zero-order chi connectivity index (χ0) is 9.68. The Morgan fingerprint density at radius 3 is 3.00 bits per heavy atom. The van der Waals surface area contributed by atoms with E-state index in [4.69, 9.17) is 0 Å². The Labute approximate surface area is 78.8 Å². The molecule has 1 aromatic rings. The van der Waals surface area contributed by atoms with Crippen molar-refractivity contribution in [1.82, 2.24) is 9.55 Å². The number of imidazole rings is 1. The predicted molar refractivity (Wildman–Crippen MR) is 51.7 cm³/mol. The lowest BCUT2D eigenvalue weighted by Gasteiger charge is -2.05. The van der Waals surface area contributed by atoms with Gasteiger partial charge in [0.1, 0.15) is 5.69 Å². The molecule has 3 heteroatoms. The summed E-state index contributed by atoms with van der Waals surface area (Å²) < 4.78 is 1.90. The maximum Gasteiger partial charge on any atom is 0.168 e. The van der Waals surface area contributed by atoms with E-state index in [0.717, 1.165) is 25.2 Å². The second-order valence-electron chi connectivity index (χ2n) is 3.67. The number of hydrogen-bond donors (Lipinski definition) is 0. The highest BCUT2D eigenvalue weighted by Gasteiger charge is 2.00. The van der Waals surface area contributed by atoms with Crippen molar-refractivity contribution in [2.45, 2.75) is 33.2 Å². The van der Waals surface area contributed by atoms with E-state index < -0.39 is 0 Å². The molecule has 1 heterocycles. The van der Waals surface area contributed by atoms with Crippen LogP contribution in [0.4, 0.5) is 0 Å². The summed E-state index contributed by atoms with van der Waals surface area (Å²) in [4.78, 5) is 14.4. The average Bonchev–Trinajstić information content (AvgIpc) is 2.51. The van der Waals surface area contributed by atoms with Crippen LogP contribution in [0.1, 0.15) is 37.2 Å². The van der Waals surface area contributed by atoms with Crippen LogP contribution >= 0.6 is 0 Å². The molecule has 0 bridgehead atoms. The fraction of sp³-hybridized carbons (Fsp3) is 0.600. The van der Waals surface area contributed by atoms with E-state index in [2.05, 4.69) is 18.8 Å². The van der Waals surface area contributed by atoms with Crippen LogP contribution in [-0.2, 0) is 6.54 Å². The Kier molecular flexibility index (Phi) is 3.68. The van der Waals surface area contributed by atoms with Gasteiger partial charge in [-0.1, -0.05) is 13.8 Å². The van der Waals surface area contributed by atoms with E-state index >= 15 is 0 Å². The summed E-state index contributed by atoms with van der Waals surface area (Å²) in [6.45, 7) is 5.30. The summed E-state index contributed by atoms with van der Waals surface area (Å²) in [5.41, 5.74) is 0.670. The lowest BCUT2D eigenvalue weighted by molar-refractivity contribution is 0.111. The maximum atomic E-state index is 10.5. The summed E-state index contributed by atoms with van der Waals surface area (Å²) >= 11 is 0. The molecular weight excluding hydrogens is 164 g/mol. The third-order valence-corrected chi connectivity index (χ3v) is 2.05. The molecule has 13 heavy (non-hydrogen) atoms. The summed E-state index contributed by atoms with van der Waals surface area (Å²) in [7, 11) is 0. The van der Waals surface area contributed by atoms with Crippen LogP contribution < -0.4 is 0 Å². The molecule has 72 valence electrons. The van der Waals surface area contributed by atoms with Gasteiger partial charge in [-0.15, -0.1) is 0 Å². The molecule has 0 radical (unpaired) electrons. The van der Waals surface area contributed by atoms with Gasteiger partial charge in [0.25, 0.3) is 0 Å². The van der Waals surface area contributed by atoms with Gasteiger partial charge >= 0.3 is 0 Å². The highest BCUT2D eigenvalue weighted by molar-refractivity contribution is 5.71. The van der Waals surface area contributed by atoms with Crippen LogP contribution in [0.3, 0.4) is 0 Å². The SMILES string of the molecule is CC(C)CCCn1cncc1C=O. The first-order valence-electron chi connectivity index (χ1n) is 4.69. The van der Waals surface area contributed by atoms with Gasteiger partial charge in [0.05, 0.1) is 12.5 Å². The number of carbonyl (C=O) groups excluding carboxylic acids is 1. The Morgan fingerprint density at radius 2 is 2.38 bits per heavy atom. The van der Waals surface area contributed by atoms with Gasteiger partial charge in [-0.25, -0.2) is 4.98 Å². The van der Waals surface area contributed by atoms with Crippen molar-refractivity contribution in [2.24, 2.45) is 5.92 Å². The molecule has 0 saturated heterocycles. The minimum Gasteiger partial charge on any atom is -0.328 e. The summed E-state index contributed by atoms with van der Waals surface area (Å²) in [5.74, 6) is 0.725. The van der Waals surface area contributed by atoms with Gasteiger partial charge in [-0.3, -0.25) is 4.79 Å². The largest absolute Gasteiger partial charge is 0.328 e. The molecule has 0 aliphatic rings. The monoisotopic (exact) mass is 180 g/mol. The van der Waals surface area contributed by atoms with Crippen molar-refractivity contribution >= 4 is 6.29 Å². The molecule has 3 nitrogen and oxygen atoms in total. The number of rotatable bonds is 5. The predicted octanol–water partition coefficient (Wildman–Crippen LogP) is 2.13. The van der Waals surface area contributed by atoms with E-state index in [-0.39, 0.29) is 0 Å². The highest BCUT2D eigenvalue weighted by Crippen LogP contribution is 2.06. The van der Waals surface area contributed by atoms with E-state index in [9.17, 15) is 4.79 Å². The molecule has 0 aromatic carbocycles. The fourth-order valence-corrected chi connectivity index (χ4v) is 1.29. The molecule has 0 aliphatic heterocycles. The maximum absolute atomic E-state index is 10.5. The second kappa shape index (κ2) is 4.80. The van der Waals surface area contributed by atoms with Gasteiger partial charge in [-0.2, -0.15) is 0 Å². The number of aromatic nitrogens is 2. The second-order valence-corrected chi connectivity index (χ2v) is 3.67. The Bertz CT molecular complexity index is 266. The first-order chi connectivity index (χ1) is 6.24. The first-order valence-corrected chi connectivity index (χ1v) is 4.69. The van der Waals surface area contributed by atoms with Crippen LogP contribution in [0.5, 0.6) is 0 Å². The van der Waals surface area contributed by atoms with Crippen LogP contribution in [0.25, 0.3) is 0 Å². The van der Waals surface area contributed by atoms with E-state index in [0.29, 0.717) is 5.69 Å². The van der Waals surface area contributed by atoms with Crippen LogP contribution in [0.2, 0.25) is 0 Å². The quantitative estimate of drug-likeness (QED) is 0.650. The normalized spacial score (nSPS) is 10.7. The van der Waals surface area contributed by atoms with E-state index in [1.807, 2.05) is 4.57 Å². The molecule has 0 saturated carbocycles. The van der Waals surface area contributed by atoms with Gasteiger partial charge < -0.3 is 4.57 Å². The van der Waals surface area contributed by atoms with Crippen LogP contribution in [0, 0.1) is 5.92 Å². The molecule has 0 fully saturated rings. The molecule has 0 atom stereocenters. The fourth-order valence-electron chi connectivity index (χ4n) is 1.29. The number of carbonyl (C=O) groups is 1. The van der Waals surface area contributed by atoms with Crippen LogP contribution in [0.15, 0.2) is 12.5 Å². The van der Waals surface area contributed by atoms with Gasteiger partial charge in [-0.05, 0) is 18.8 Å². The van der Waals surface area contributed by atoms with Gasteiger partial charge in [0, 0.05) is 6.54 Å². The molecule has 1 rings (SSSR count). The van der Waals surface area contributed by atoms with Gasteiger partial charge in [0.15, 0.2) is 6.29 Å². The van der Waals surface area contributed by atoms with E-state index in [1.54, 1.807) is 12.5 Å². The minimum absolute atomic E-state index is 0.670. The Balaban J connectivity index is 2.40. The smallest absolute Gasteiger partial charge is 0.168 e. The molecule has 0 amide bonds. The Morgan fingerprint density at radius 1 is 1.62 bits per heavy atom. The number of nitrogens with zero attached hydrogens (tertiary/aromatic N) is 2. The molecule has 0 N–H and O–H groups in total. The highest BCUT2D eigenvalue weighted by atomic mass is 16.1. The summed E-state index contributed by atoms with van der Waals surface area (Å²) in [5, 5.41) is 0. The Hall–Kier alpha value is -1.12. The average molecular weight is 180 g/mol. The molecular formula is C10H16N2O. The molecule has 0 unspecified atom stereocenters. The molecule has 0 spiro atoms. The topological polar surface area (TPSA) is 34.9 Å². The van der Waals surface area contributed by atoms with Crippen molar-refractivity contribution in [1.29, 1.82) is 0 Å². The standard InChI is InChI=1S/C10H16N2O/c1-9(2)4-3-5-12-8-11-6-10(12)7-13/h6-9H,3-5H2,1-2H3. The van der Waals surface area contributed by atoms with Crippen molar-refractivity contribution in [3.8, 4) is 0 Å².